The predicted octanol–water partition coefficient (Wildman–Crippen LogP) is 1.52. The molecule has 2 heteroatoms. The molecule has 1 fully saturated rings. The van der Waals surface area contributed by atoms with E-state index in [2.05, 4.69) is 0 Å². The molecule has 60 valence electrons. The highest BCUT2D eigenvalue weighted by Crippen LogP contribution is 2.41. The Hall–Kier alpha value is -0.880. The molecule has 0 radical (unpaired) electrons. The molecule has 1 atom stereocenters. The van der Waals surface area contributed by atoms with Crippen LogP contribution in [0.3, 0.4) is 0 Å². The zero-order valence-corrected chi connectivity index (χ0v) is 6.94. The van der Waals surface area contributed by atoms with E-state index in [-0.39, 0.29) is 11.2 Å². The number of carbonyl (C=O) groups is 1. The Kier molecular flexibility index (Phi) is 1.97. The minimum Gasteiger partial charge on any atom is -0.294 e. The van der Waals surface area contributed by atoms with E-state index >= 15 is 0 Å². The standard InChI is InChI=1S/C9H12O2/c1-3-9(2)5-4-8(11)7(9)6-10/h3-5H2,1-2H3. The lowest BCUT2D eigenvalue weighted by Gasteiger charge is -2.19. The minimum atomic E-state index is -0.182. The topological polar surface area (TPSA) is 34.1 Å². The van der Waals surface area contributed by atoms with E-state index in [4.69, 9.17) is 0 Å². The number of carbonyl (C=O) groups excluding carboxylic acids is 2. The van der Waals surface area contributed by atoms with Crippen LogP contribution in [0.2, 0.25) is 0 Å². The smallest absolute Gasteiger partial charge is 0.170 e. The lowest BCUT2D eigenvalue weighted by atomic mass is 9.83. The van der Waals surface area contributed by atoms with Gasteiger partial charge in [-0.1, -0.05) is 13.8 Å². The maximum Gasteiger partial charge on any atom is 0.170 e. The maximum atomic E-state index is 11.1. The Morgan fingerprint density at radius 3 is 2.64 bits per heavy atom. The first-order valence-electron chi connectivity index (χ1n) is 3.93. The molecule has 1 saturated carbocycles. The van der Waals surface area contributed by atoms with Crippen molar-refractivity contribution in [1.29, 1.82) is 0 Å². The second-order valence-electron chi connectivity index (χ2n) is 3.31. The summed E-state index contributed by atoms with van der Waals surface area (Å²) in [6, 6.07) is 0. The van der Waals surface area contributed by atoms with Crippen molar-refractivity contribution >= 4 is 11.7 Å². The van der Waals surface area contributed by atoms with Crippen molar-refractivity contribution in [2.45, 2.75) is 33.1 Å². The van der Waals surface area contributed by atoms with Gasteiger partial charge in [0.2, 0.25) is 0 Å². The molecule has 0 N–H and O–H groups in total. The molecule has 1 aliphatic carbocycles. The summed E-state index contributed by atoms with van der Waals surface area (Å²) in [5.74, 6) is 1.76. The molecule has 0 bridgehead atoms. The van der Waals surface area contributed by atoms with Crippen LogP contribution in [-0.2, 0) is 9.59 Å². The fourth-order valence-corrected chi connectivity index (χ4v) is 1.51. The number of rotatable bonds is 1. The second kappa shape index (κ2) is 2.63. The summed E-state index contributed by atoms with van der Waals surface area (Å²) in [5.41, 5.74) is 0.193. The molecule has 1 unspecified atom stereocenters. The number of hydrogen-bond donors (Lipinski definition) is 0. The van der Waals surface area contributed by atoms with Crippen molar-refractivity contribution in [3.8, 4) is 0 Å². The third-order valence-electron chi connectivity index (χ3n) is 2.67. The molecule has 0 heterocycles. The largest absolute Gasteiger partial charge is 0.294 e. The monoisotopic (exact) mass is 152 g/mol. The first-order valence-corrected chi connectivity index (χ1v) is 3.93. The van der Waals surface area contributed by atoms with E-state index in [1.54, 1.807) is 5.94 Å². The number of ketones is 1. The van der Waals surface area contributed by atoms with Crippen molar-refractivity contribution in [2.24, 2.45) is 5.41 Å². The van der Waals surface area contributed by atoms with Gasteiger partial charge in [-0.2, -0.15) is 0 Å². The average Bonchev–Trinajstić information content (AvgIpc) is 2.29. The van der Waals surface area contributed by atoms with E-state index in [9.17, 15) is 9.59 Å². The van der Waals surface area contributed by atoms with Crippen molar-refractivity contribution in [3.05, 3.63) is 5.57 Å². The molecule has 0 saturated heterocycles. The van der Waals surface area contributed by atoms with Gasteiger partial charge in [-0.3, -0.25) is 4.79 Å². The fraction of sp³-hybridized carbons (Fsp3) is 0.667. The summed E-state index contributed by atoms with van der Waals surface area (Å²) in [5, 5.41) is 0. The highest BCUT2D eigenvalue weighted by Gasteiger charge is 2.38. The third-order valence-corrected chi connectivity index (χ3v) is 2.67. The second-order valence-corrected chi connectivity index (χ2v) is 3.31. The van der Waals surface area contributed by atoms with Crippen LogP contribution in [-0.4, -0.2) is 11.7 Å². The van der Waals surface area contributed by atoms with Crippen molar-refractivity contribution in [3.63, 3.8) is 0 Å². The van der Waals surface area contributed by atoms with E-state index < -0.39 is 0 Å². The van der Waals surface area contributed by atoms with E-state index in [1.807, 2.05) is 13.8 Å². The Bertz CT molecular complexity index is 236. The number of hydrogen-bond acceptors (Lipinski definition) is 2. The summed E-state index contributed by atoms with van der Waals surface area (Å²) in [6.07, 6.45) is 2.19. The summed E-state index contributed by atoms with van der Waals surface area (Å²) >= 11 is 0. The van der Waals surface area contributed by atoms with Gasteiger partial charge in [0.25, 0.3) is 0 Å². The summed E-state index contributed by atoms with van der Waals surface area (Å²) < 4.78 is 0. The Balaban J connectivity index is 3.04. The van der Waals surface area contributed by atoms with Crippen molar-refractivity contribution in [2.75, 3.05) is 0 Å². The molecule has 11 heavy (non-hydrogen) atoms. The first kappa shape index (κ1) is 8.22. The summed E-state index contributed by atoms with van der Waals surface area (Å²) in [7, 11) is 0. The predicted molar refractivity (Wildman–Crippen MR) is 41.8 cm³/mol. The highest BCUT2D eigenvalue weighted by molar-refractivity contribution is 6.05. The zero-order chi connectivity index (χ0) is 8.48. The molecule has 1 aliphatic rings. The van der Waals surface area contributed by atoms with Crippen LogP contribution < -0.4 is 0 Å². The van der Waals surface area contributed by atoms with Gasteiger partial charge in [-0.15, -0.1) is 0 Å². The van der Waals surface area contributed by atoms with Gasteiger partial charge in [0.1, 0.15) is 5.94 Å². The van der Waals surface area contributed by atoms with Crippen LogP contribution in [0.5, 0.6) is 0 Å². The Morgan fingerprint density at radius 2 is 2.27 bits per heavy atom. The van der Waals surface area contributed by atoms with Gasteiger partial charge in [0.15, 0.2) is 5.78 Å². The van der Waals surface area contributed by atoms with Gasteiger partial charge in [-0.25, -0.2) is 4.79 Å². The van der Waals surface area contributed by atoms with Gasteiger partial charge < -0.3 is 0 Å². The quantitative estimate of drug-likeness (QED) is 0.421. The lowest BCUT2D eigenvalue weighted by molar-refractivity contribution is -0.114. The van der Waals surface area contributed by atoms with Crippen LogP contribution >= 0.6 is 0 Å². The van der Waals surface area contributed by atoms with Crippen molar-refractivity contribution < 1.29 is 9.59 Å². The molecule has 0 spiro atoms. The molecule has 1 rings (SSSR count). The minimum absolute atomic E-state index is 0.00986. The molecular weight excluding hydrogens is 140 g/mol. The maximum absolute atomic E-state index is 11.1. The molecule has 0 aromatic rings. The average molecular weight is 152 g/mol. The van der Waals surface area contributed by atoms with E-state index in [0.717, 1.165) is 12.8 Å². The fourth-order valence-electron chi connectivity index (χ4n) is 1.51. The van der Waals surface area contributed by atoms with Crippen molar-refractivity contribution in [1.82, 2.24) is 0 Å². The SMILES string of the molecule is CCC1(C)CCC(=O)C1=C=O. The summed E-state index contributed by atoms with van der Waals surface area (Å²) in [6.45, 7) is 3.95. The van der Waals surface area contributed by atoms with Crippen LogP contribution in [0.4, 0.5) is 0 Å². The molecule has 2 nitrogen and oxygen atoms in total. The van der Waals surface area contributed by atoms with Gasteiger partial charge in [0.05, 0.1) is 5.57 Å². The van der Waals surface area contributed by atoms with Gasteiger partial charge in [0, 0.05) is 11.8 Å². The zero-order valence-electron chi connectivity index (χ0n) is 6.94. The molecule has 0 aliphatic heterocycles. The Labute approximate surface area is 66.3 Å². The first-order chi connectivity index (χ1) is 5.14. The summed E-state index contributed by atoms with van der Waals surface area (Å²) in [4.78, 5) is 21.5. The Morgan fingerprint density at radius 1 is 1.64 bits per heavy atom. The van der Waals surface area contributed by atoms with Gasteiger partial charge in [-0.05, 0) is 12.8 Å². The lowest BCUT2D eigenvalue weighted by Crippen LogP contribution is -2.14. The third kappa shape index (κ3) is 1.14. The molecule has 0 amide bonds. The molecule has 0 aromatic heterocycles. The normalized spacial score (nSPS) is 30.7. The van der Waals surface area contributed by atoms with Crippen LogP contribution in [0, 0.1) is 5.41 Å². The highest BCUT2D eigenvalue weighted by atomic mass is 16.1. The van der Waals surface area contributed by atoms with E-state index in [1.165, 1.54) is 0 Å². The van der Waals surface area contributed by atoms with Crippen LogP contribution in [0.25, 0.3) is 0 Å². The van der Waals surface area contributed by atoms with E-state index in [0.29, 0.717) is 12.0 Å². The number of allylic oxidation sites excluding steroid dienone is 1. The van der Waals surface area contributed by atoms with Gasteiger partial charge >= 0.3 is 0 Å². The molecular formula is C9H12O2. The van der Waals surface area contributed by atoms with Crippen LogP contribution in [0.15, 0.2) is 5.57 Å². The number of Topliss-reactive ketones (excluding diaryl/α,β-unsaturated/α-hetero) is 1. The van der Waals surface area contributed by atoms with Crippen LogP contribution in [0.1, 0.15) is 33.1 Å². The molecule has 0 aromatic carbocycles.